The van der Waals surface area contributed by atoms with Crippen molar-refractivity contribution >= 4 is 15.7 Å². The lowest BCUT2D eigenvalue weighted by Gasteiger charge is -2.26. The van der Waals surface area contributed by atoms with Gasteiger partial charge in [-0.2, -0.15) is 0 Å². The molecular weight excluding hydrogens is 272 g/mol. The number of nitrogens with two attached hydrogens (primary N) is 1. The molecule has 0 amide bonds. The molecule has 0 radical (unpaired) electrons. The minimum absolute atomic E-state index is 0.293. The van der Waals surface area contributed by atoms with Crippen LogP contribution in [0.5, 0.6) is 0 Å². The summed E-state index contributed by atoms with van der Waals surface area (Å²) in [6, 6.07) is 4.99. The largest absolute Gasteiger partial charge is 0.399 e. The van der Waals surface area contributed by atoms with Crippen LogP contribution in [0.15, 0.2) is 23.1 Å². The summed E-state index contributed by atoms with van der Waals surface area (Å²) in [5, 5.41) is 0. The van der Waals surface area contributed by atoms with E-state index < -0.39 is 10.0 Å². The van der Waals surface area contributed by atoms with E-state index in [1.165, 1.54) is 18.9 Å². The second kappa shape index (κ2) is 6.14. The van der Waals surface area contributed by atoms with Crippen LogP contribution in [0.2, 0.25) is 0 Å². The molecule has 0 aromatic heterocycles. The van der Waals surface area contributed by atoms with Crippen molar-refractivity contribution in [3.63, 3.8) is 0 Å². The Labute approximate surface area is 121 Å². The molecule has 0 bridgehead atoms. The highest BCUT2D eigenvalue weighted by atomic mass is 32.2. The van der Waals surface area contributed by atoms with Gasteiger partial charge in [-0.15, -0.1) is 0 Å². The first-order valence-electron chi connectivity index (χ1n) is 7.24. The van der Waals surface area contributed by atoms with E-state index in [2.05, 4.69) is 11.6 Å². The number of anilines is 1. The van der Waals surface area contributed by atoms with E-state index in [0.717, 1.165) is 24.3 Å². The zero-order valence-corrected chi connectivity index (χ0v) is 13.0. The van der Waals surface area contributed by atoms with Gasteiger partial charge in [-0.3, -0.25) is 0 Å². The Morgan fingerprint density at radius 1 is 1.25 bits per heavy atom. The summed E-state index contributed by atoms with van der Waals surface area (Å²) in [6.07, 6.45) is 4.62. The van der Waals surface area contributed by atoms with Crippen molar-refractivity contribution in [2.24, 2.45) is 11.8 Å². The minimum atomic E-state index is -3.46. The van der Waals surface area contributed by atoms with Crippen LogP contribution >= 0.6 is 0 Å². The van der Waals surface area contributed by atoms with Crippen LogP contribution in [0.3, 0.4) is 0 Å². The van der Waals surface area contributed by atoms with Crippen molar-refractivity contribution in [2.75, 3.05) is 12.3 Å². The third kappa shape index (κ3) is 3.73. The number of aryl methyl sites for hydroxylation is 1. The number of rotatable bonds is 4. The first-order valence-corrected chi connectivity index (χ1v) is 8.72. The summed E-state index contributed by atoms with van der Waals surface area (Å²) < 4.78 is 27.4. The van der Waals surface area contributed by atoms with E-state index in [-0.39, 0.29) is 0 Å². The maximum Gasteiger partial charge on any atom is 0.240 e. The summed E-state index contributed by atoms with van der Waals surface area (Å²) >= 11 is 0. The summed E-state index contributed by atoms with van der Waals surface area (Å²) in [7, 11) is -3.46. The van der Waals surface area contributed by atoms with Crippen LogP contribution in [-0.4, -0.2) is 15.0 Å². The van der Waals surface area contributed by atoms with E-state index in [4.69, 9.17) is 5.73 Å². The molecule has 1 fully saturated rings. The van der Waals surface area contributed by atoms with Crippen LogP contribution in [0.25, 0.3) is 0 Å². The van der Waals surface area contributed by atoms with Crippen LogP contribution < -0.4 is 10.5 Å². The first-order chi connectivity index (χ1) is 9.38. The highest BCUT2D eigenvalue weighted by molar-refractivity contribution is 7.89. The van der Waals surface area contributed by atoms with E-state index >= 15 is 0 Å². The molecule has 0 aliphatic heterocycles. The van der Waals surface area contributed by atoms with E-state index in [0.29, 0.717) is 23.0 Å². The van der Waals surface area contributed by atoms with Gasteiger partial charge < -0.3 is 5.73 Å². The van der Waals surface area contributed by atoms with Gasteiger partial charge in [0, 0.05) is 12.2 Å². The summed E-state index contributed by atoms with van der Waals surface area (Å²) in [6.45, 7) is 4.58. The van der Waals surface area contributed by atoms with Crippen molar-refractivity contribution in [3.8, 4) is 0 Å². The Balaban J connectivity index is 2.02. The molecule has 1 saturated carbocycles. The van der Waals surface area contributed by atoms with Crippen molar-refractivity contribution in [2.45, 2.75) is 44.4 Å². The number of sulfonamides is 1. The Kier molecular flexibility index (Phi) is 4.70. The van der Waals surface area contributed by atoms with E-state index in [9.17, 15) is 8.42 Å². The van der Waals surface area contributed by atoms with E-state index in [1.54, 1.807) is 19.1 Å². The van der Waals surface area contributed by atoms with Gasteiger partial charge in [0.25, 0.3) is 0 Å². The molecule has 112 valence electrons. The molecule has 1 aliphatic carbocycles. The minimum Gasteiger partial charge on any atom is -0.399 e. The second-order valence-electron chi connectivity index (χ2n) is 6.00. The molecule has 3 N–H and O–H groups in total. The van der Waals surface area contributed by atoms with Crippen LogP contribution in [0.4, 0.5) is 5.69 Å². The number of benzene rings is 1. The highest BCUT2D eigenvalue weighted by Gasteiger charge is 2.22. The molecule has 5 heteroatoms. The fourth-order valence-electron chi connectivity index (χ4n) is 2.74. The third-order valence-corrected chi connectivity index (χ3v) is 5.76. The van der Waals surface area contributed by atoms with Gasteiger partial charge in [0.15, 0.2) is 0 Å². The van der Waals surface area contributed by atoms with Crippen molar-refractivity contribution in [3.05, 3.63) is 23.8 Å². The SMILES string of the molecule is Cc1ccc(N)cc1S(=O)(=O)NCC1CCC(C)CC1. The first kappa shape index (κ1) is 15.3. The van der Waals surface area contributed by atoms with Crippen LogP contribution in [0.1, 0.15) is 38.2 Å². The molecule has 0 atom stereocenters. The summed E-state index contributed by atoms with van der Waals surface area (Å²) in [5.41, 5.74) is 6.89. The van der Waals surface area contributed by atoms with Gasteiger partial charge in [-0.25, -0.2) is 13.1 Å². The number of nitrogen functional groups attached to an aromatic ring is 1. The Bertz CT molecular complexity index is 561. The summed E-state index contributed by atoms with van der Waals surface area (Å²) in [4.78, 5) is 0.293. The number of nitrogens with one attached hydrogen (secondary N) is 1. The van der Waals surface area contributed by atoms with Gasteiger partial charge in [-0.05, 0) is 49.3 Å². The monoisotopic (exact) mass is 296 g/mol. The average Bonchev–Trinajstić information content (AvgIpc) is 2.41. The lowest BCUT2D eigenvalue weighted by atomic mass is 9.83. The molecule has 0 unspecified atom stereocenters. The quantitative estimate of drug-likeness (QED) is 0.839. The smallest absolute Gasteiger partial charge is 0.240 e. The Morgan fingerprint density at radius 2 is 1.90 bits per heavy atom. The lowest BCUT2D eigenvalue weighted by molar-refractivity contribution is 0.290. The molecule has 2 rings (SSSR count). The molecule has 1 aliphatic rings. The predicted octanol–water partition coefficient (Wildman–Crippen LogP) is 2.68. The van der Waals surface area contributed by atoms with Gasteiger partial charge in [0.2, 0.25) is 10.0 Å². The van der Waals surface area contributed by atoms with Crippen LogP contribution in [0, 0.1) is 18.8 Å². The molecule has 20 heavy (non-hydrogen) atoms. The standard InChI is InChI=1S/C15H24N2O2S/c1-11-3-6-13(7-4-11)10-17-20(18,19)15-9-14(16)8-5-12(15)2/h5,8-9,11,13,17H,3-4,6-7,10,16H2,1-2H3. The maximum absolute atomic E-state index is 12.3. The molecule has 0 spiro atoms. The molecule has 1 aromatic rings. The summed E-state index contributed by atoms with van der Waals surface area (Å²) in [5.74, 6) is 1.24. The molecule has 4 nitrogen and oxygen atoms in total. The van der Waals surface area contributed by atoms with Gasteiger partial charge in [-0.1, -0.05) is 25.8 Å². The molecular formula is C15H24N2O2S. The zero-order valence-electron chi connectivity index (χ0n) is 12.2. The van der Waals surface area contributed by atoms with E-state index in [1.807, 2.05) is 0 Å². The fourth-order valence-corrected chi connectivity index (χ4v) is 4.14. The normalized spacial score (nSPS) is 23.7. The highest BCUT2D eigenvalue weighted by Crippen LogP contribution is 2.28. The maximum atomic E-state index is 12.3. The fraction of sp³-hybridized carbons (Fsp3) is 0.600. The molecule has 0 saturated heterocycles. The lowest BCUT2D eigenvalue weighted by Crippen LogP contribution is -2.31. The molecule has 1 aromatic carbocycles. The van der Waals surface area contributed by atoms with Gasteiger partial charge in [0.1, 0.15) is 0 Å². The van der Waals surface area contributed by atoms with Crippen molar-refractivity contribution < 1.29 is 8.42 Å². The van der Waals surface area contributed by atoms with Crippen molar-refractivity contribution in [1.29, 1.82) is 0 Å². The van der Waals surface area contributed by atoms with Crippen LogP contribution in [-0.2, 0) is 10.0 Å². The third-order valence-electron chi connectivity index (χ3n) is 4.20. The van der Waals surface area contributed by atoms with Crippen molar-refractivity contribution in [1.82, 2.24) is 4.72 Å². The second-order valence-corrected chi connectivity index (χ2v) is 7.74. The topological polar surface area (TPSA) is 72.2 Å². The average molecular weight is 296 g/mol. The number of hydrogen-bond donors (Lipinski definition) is 2. The molecule has 0 heterocycles. The predicted molar refractivity (Wildman–Crippen MR) is 81.9 cm³/mol. The zero-order chi connectivity index (χ0) is 14.8. The van der Waals surface area contributed by atoms with Gasteiger partial charge in [0.05, 0.1) is 4.90 Å². The number of hydrogen-bond acceptors (Lipinski definition) is 3. The Hall–Kier alpha value is -1.07. The Morgan fingerprint density at radius 3 is 2.55 bits per heavy atom. The van der Waals surface area contributed by atoms with Gasteiger partial charge >= 0.3 is 0 Å².